The van der Waals surface area contributed by atoms with Crippen molar-refractivity contribution in [1.29, 1.82) is 0 Å². The fourth-order valence-corrected chi connectivity index (χ4v) is 3.09. The predicted molar refractivity (Wildman–Crippen MR) is 107 cm³/mol. The number of nitrogens with one attached hydrogen (secondary N) is 2. The number of carbonyl (C=O) groups is 1. The summed E-state index contributed by atoms with van der Waals surface area (Å²) in [5.74, 6) is 1.16. The first-order valence-corrected chi connectivity index (χ1v) is 9.96. The molecule has 0 aliphatic heterocycles. The summed E-state index contributed by atoms with van der Waals surface area (Å²) in [6.07, 6.45) is 1.64. The van der Waals surface area contributed by atoms with Gasteiger partial charge in [-0.3, -0.25) is 9.59 Å². The van der Waals surface area contributed by atoms with Crippen molar-refractivity contribution in [3.05, 3.63) is 40.3 Å². The molecule has 0 spiro atoms. The van der Waals surface area contributed by atoms with Crippen molar-refractivity contribution >= 4 is 23.4 Å². The van der Waals surface area contributed by atoms with E-state index in [-0.39, 0.29) is 17.2 Å². The van der Waals surface area contributed by atoms with Gasteiger partial charge < -0.3 is 19.8 Å². The van der Waals surface area contributed by atoms with E-state index >= 15 is 0 Å². The lowest BCUT2D eigenvalue weighted by Crippen LogP contribution is -2.16. The molecule has 27 heavy (non-hydrogen) atoms. The second-order valence-electron chi connectivity index (χ2n) is 5.66. The van der Waals surface area contributed by atoms with Crippen LogP contribution in [0.25, 0.3) is 0 Å². The van der Waals surface area contributed by atoms with Gasteiger partial charge in [-0.15, -0.1) is 0 Å². The largest absolute Gasteiger partial charge is 0.490 e. The van der Waals surface area contributed by atoms with Gasteiger partial charge in [-0.25, -0.2) is 4.98 Å². The number of aryl methyl sites for hydroxylation is 1. The van der Waals surface area contributed by atoms with Crippen molar-refractivity contribution in [2.24, 2.45) is 0 Å². The highest BCUT2D eigenvalue weighted by Crippen LogP contribution is 2.30. The number of ether oxygens (including phenoxy) is 2. The summed E-state index contributed by atoms with van der Waals surface area (Å²) in [6.45, 7) is 6.84. The van der Waals surface area contributed by atoms with Gasteiger partial charge in [-0.2, -0.15) is 0 Å². The van der Waals surface area contributed by atoms with Gasteiger partial charge in [-0.1, -0.05) is 25.1 Å². The third-order valence-corrected chi connectivity index (χ3v) is 4.32. The van der Waals surface area contributed by atoms with Crippen LogP contribution in [0.3, 0.4) is 0 Å². The maximum atomic E-state index is 12.2. The molecule has 1 aromatic heterocycles. The zero-order valence-electron chi connectivity index (χ0n) is 15.8. The van der Waals surface area contributed by atoms with Crippen molar-refractivity contribution < 1.29 is 14.3 Å². The van der Waals surface area contributed by atoms with Gasteiger partial charge in [0.2, 0.25) is 5.91 Å². The maximum Gasteiger partial charge on any atom is 0.251 e. The normalized spacial score (nSPS) is 10.5. The Morgan fingerprint density at radius 2 is 1.89 bits per heavy atom. The summed E-state index contributed by atoms with van der Waals surface area (Å²) in [4.78, 5) is 30.9. The van der Waals surface area contributed by atoms with Gasteiger partial charge in [-0.05, 0) is 32.4 Å². The summed E-state index contributed by atoms with van der Waals surface area (Å²) >= 11 is 1.19. The number of hydrogen-bond donors (Lipinski definition) is 2. The molecule has 0 saturated heterocycles. The van der Waals surface area contributed by atoms with E-state index in [0.29, 0.717) is 35.6 Å². The first kappa shape index (κ1) is 20.8. The molecule has 0 radical (unpaired) electrons. The first-order valence-electron chi connectivity index (χ1n) is 8.98. The van der Waals surface area contributed by atoms with Crippen LogP contribution in [-0.2, 0) is 11.2 Å². The highest BCUT2D eigenvalue weighted by molar-refractivity contribution is 7.99. The Morgan fingerprint density at radius 1 is 1.15 bits per heavy atom. The molecule has 2 aromatic rings. The molecule has 1 aromatic carbocycles. The van der Waals surface area contributed by atoms with Crippen molar-refractivity contribution in [1.82, 2.24) is 9.97 Å². The number of anilines is 1. The average molecular weight is 391 g/mol. The Balaban J connectivity index is 1.99. The van der Waals surface area contributed by atoms with Crippen LogP contribution in [-0.4, -0.2) is 34.8 Å². The number of aromatic nitrogens is 2. The van der Waals surface area contributed by atoms with Crippen LogP contribution in [0, 0.1) is 0 Å². The van der Waals surface area contributed by atoms with E-state index in [1.54, 1.807) is 18.2 Å². The zero-order valence-corrected chi connectivity index (χ0v) is 16.6. The highest BCUT2D eigenvalue weighted by Gasteiger charge is 2.10. The Labute approximate surface area is 162 Å². The predicted octanol–water partition coefficient (Wildman–Crippen LogP) is 3.25. The van der Waals surface area contributed by atoms with Gasteiger partial charge in [0, 0.05) is 23.5 Å². The van der Waals surface area contributed by atoms with Crippen LogP contribution < -0.4 is 20.3 Å². The van der Waals surface area contributed by atoms with Gasteiger partial charge in [0.1, 0.15) is 0 Å². The third-order valence-electron chi connectivity index (χ3n) is 3.45. The second-order valence-corrected chi connectivity index (χ2v) is 6.62. The molecule has 146 valence electrons. The summed E-state index contributed by atoms with van der Waals surface area (Å²) in [5.41, 5.74) is 1.15. The molecule has 8 heteroatoms. The number of thioether (sulfide) groups is 1. The fourth-order valence-electron chi connectivity index (χ4n) is 2.40. The monoisotopic (exact) mass is 391 g/mol. The lowest BCUT2D eigenvalue weighted by molar-refractivity contribution is -0.113. The standard InChI is InChI=1S/C19H25N3O4S/c1-4-7-13-11-17(23)22-19(21-13)27-12-18(24)20-14-8-9-15(25-5-2)16(10-14)26-6-3/h8-11H,4-7,12H2,1-3H3,(H,20,24)(H,21,22,23). The molecular weight excluding hydrogens is 366 g/mol. The molecular formula is C19H25N3O4S. The van der Waals surface area contributed by atoms with Crippen LogP contribution in [0.4, 0.5) is 5.69 Å². The molecule has 2 rings (SSSR count). The minimum Gasteiger partial charge on any atom is -0.490 e. The van der Waals surface area contributed by atoms with Gasteiger partial charge in [0.25, 0.3) is 5.56 Å². The lowest BCUT2D eigenvalue weighted by atomic mass is 10.2. The molecule has 0 unspecified atom stereocenters. The van der Waals surface area contributed by atoms with Crippen LogP contribution in [0.5, 0.6) is 11.5 Å². The molecule has 0 bridgehead atoms. The Hall–Kier alpha value is -2.48. The second kappa shape index (κ2) is 10.6. The SMILES string of the molecule is CCCc1cc(=O)[nH]c(SCC(=O)Nc2ccc(OCC)c(OCC)c2)n1. The smallest absolute Gasteiger partial charge is 0.251 e. The quantitative estimate of drug-likeness (QED) is 0.477. The third kappa shape index (κ3) is 6.63. The molecule has 0 aliphatic rings. The minimum absolute atomic E-state index is 0.135. The number of nitrogens with zero attached hydrogens (tertiary/aromatic N) is 1. The van der Waals surface area contributed by atoms with Crippen LogP contribution in [0.2, 0.25) is 0 Å². The van der Waals surface area contributed by atoms with Gasteiger partial charge in [0.15, 0.2) is 16.7 Å². The number of amides is 1. The minimum atomic E-state index is -0.204. The molecule has 0 saturated carbocycles. The van der Waals surface area contributed by atoms with Crippen molar-refractivity contribution in [3.8, 4) is 11.5 Å². The van der Waals surface area contributed by atoms with Gasteiger partial charge in [0.05, 0.1) is 19.0 Å². The number of carbonyl (C=O) groups excluding carboxylic acids is 1. The van der Waals surface area contributed by atoms with Gasteiger partial charge >= 0.3 is 0 Å². The van der Waals surface area contributed by atoms with Crippen LogP contribution in [0.15, 0.2) is 34.2 Å². The van der Waals surface area contributed by atoms with E-state index in [2.05, 4.69) is 15.3 Å². The number of aromatic amines is 1. The maximum absolute atomic E-state index is 12.2. The fraction of sp³-hybridized carbons (Fsp3) is 0.421. The molecule has 0 fully saturated rings. The molecule has 2 N–H and O–H groups in total. The summed E-state index contributed by atoms with van der Waals surface area (Å²) in [6, 6.07) is 6.75. The summed E-state index contributed by atoms with van der Waals surface area (Å²) in [7, 11) is 0. The average Bonchev–Trinajstić information content (AvgIpc) is 2.62. The Morgan fingerprint density at radius 3 is 2.59 bits per heavy atom. The zero-order chi connectivity index (χ0) is 19.6. The molecule has 1 heterocycles. The van der Waals surface area contributed by atoms with E-state index in [0.717, 1.165) is 18.5 Å². The van der Waals surface area contributed by atoms with Crippen molar-refractivity contribution in [2.45, 2.75) is 38.8 Å². The van der Waals surface area contributed by atoms with E-state index in [1.165, 1.54) is 17.8 Å². The van der Waals surface area contributed by atoms with Crippen LogP contribution >= 0.6 is 11.8 Å². The highest BCUT2D eigenvalue weighted by atomic mass is 32.2. The van der Waals surface area contributed by atoms with Crippen LogP contribution in [0.1, 0.15) is 32.9 Å². The number of hydrogen-bond acceptors (Lipinski definition) is 6. The van der Waals surface area contributed by atoms with E-state index in [4.69, 9.17) is 9.47 Å². The lowest BCUT2D eigenvalue weighted by Gasteiger charge is -2.13. The van der Waals surface area contributed by atoms with E-state index in [1.807, 2.05) is 20.8 Å². The van der Waals surface area contributed by atoms with E-state index < -0.39 is 0 Å². The Kier molecular flexibility index (Phi) is 8.19. The first-order chi connectivity index (χ1) is 13.0. The number of H-pyrrole nitrogens is 1. The molecule has 0 aliphatic carbocycles. The topological polar surface area (TPSA) is 93.3 Å². The van der Waals surface area contributed by atoms with E-state index in [9.17, 15) is 9.59 Å². The molecule has 7 nitrogen and oxygen atoms in total. The summed E-state index contributed by atoms with van der Waals surface area (Å²) in [5, 5.41) is 3.27. The number of benzene rings is 1. The summed E-state index contributed by atoms with van der Waals surface area (Å²) < 4.78 is 11.1. The number of rotatable bonds is 10. The van der Waals surface area contributed by atoms with Crippen molar-refractivity contribution in [2.75, 3.05) is 24.3 Å². The molecule has 1 amide bonds. The molecule has 0 atom stereocenters. The van der Waals surface area contributed by atoms with Crippen molar-refractivity contribution in [3.63, 3.8) is 0 Å². The Bertz CT molecular complexity index is 823.